The van der Waals surface area contributed by atoms with E-state index in [0.717, 1.165) is 0 Å². The molecule has 0 saturated carbocycles. The minimum Gasteiger partial charge on any atom is -0.497 e. The molecule has 0 saturated heterocycles. The molecule has 0 aromatic heterocycles. The quantitative estimate of drug-likeness (QED) is 0.741. The molecule has 0 atom stereocenters. The second-order valence-electron chi connectivity index (χ2n) is 3.33. The molecule has 0 N–H and O–H groups in total. The Balaban J connectivity index is 2.78. The molecule has 1 aromatic carbocycles. The zero-order valence-electron chi connectivity index (χ0n) is 9.21. The standard InChI is InChI=1S/C11H14F3NO/c1-3-15(11(12,13)14)8-9-5-4-6-10(7-9)16-2/h4-7H,3,8H2,1-2H3. The summed E-state index contributed by atoms with van der Waals surface area (Å²) in [4.78, 5) is 0.446. The van der Waals surface area contributed by atoms with Gasteiger partial charge in [-0.25, -0.2) is 4.90 Å². The Morgan fingerprint density at radius 1 is 1.31 bits per heavy atom. The van der Waals surface area contributed by atoms with Crippen LogP contribution < -0.4 is 4.74 Å². The molecule has 0 fully saturated rings. The van der Waals surface area contributed by atoms with E-state index in [2.05, 4.69) is 0 Å². The molecule has 0 amide bonds. The number of nitrogens with zero attached hydrogens (tertiary/aromatic N) is 1. The molecule has 0 aliphatic rings. The number of alkyl halides is 3. The van der Waals surface area contributed by atoms with Crippen LogP contribution >= 0.6 is 0 Å². The van der Waals surface area contributed by atoms with Crippen molar-refractivity contribution in [3.05, 3.63) is 29.8 Å². The molecule has 1 rings (SSSR count). The van der Waals surface area contributed by atoms with Gasteiger partial charge >= 0.3 is 6.30 Å². The van der Waals surface area contributed by atoms with Crippen molar-refractivity contribution in [3.63, 3.8) is 0 Å². The van der Waals surface area contributed by atoms with Gasteiger partial charge in [0.2, 0.25) is 0 Å². The summed E-state index contributed by atoms with van der Waals surface area (Å²) in [7, 11) is 1.49. The number of methoxy groups -OCH3 is 1. The fraction of sp³-hybridized carbons (Fsp3) is 0.455. The fourth-order valence-electron chi connectivity index (χ4n) is 1.37. The normalized spacial score (nSPS) is 11.9. The lowest BCUT2D eigenvalue weighted by molar-refractivity contribution is -0.247. The van der Waals surface area contributed by atoms with Crippen molar-refractivity contribution in [2.45, 2.75) is 19.8 Å². The third-order valence-electron chi connectivity index (χ3n) is 2.25. The van der Waals surface area contributed by atoms with Crippen LogP contribution in [-0.2, 0) is 6.54 Å². The first-order chi connectivity index (χ1) is 7.47. The number of hydrogen-bond acceptors (Lipinski definition) is 2. The monoisotopic (exact) mass is 233 g/mol. The summed E-state index contributed by atoms with van der Waals surface area (Å²) < 4.78 is 42.4. The summed E-state index contributed by atoms with van der Waals surface area (Å²) in [5, 5.41) is 0. The molecule has 0 heterocycles. The largest absolute Gasteiger partial charge is 0.497 e. The van der Waals surface area contributed by atoms with E-state index in [1.54, 1.807) is 24.3 Å². The third-order valence-corrected chi connectivity index (χ3v) is 2.25. The van der Waals surface area contributed by atoms with Crippen LogP contribution in [0, 0.1) is 0 Å². The average Bonchev–Trinajstić information content (AvgIpc) is 2.24. The highest BCUT2D eigenvalue weighted by atomic mass is 19.4. The predicted octanol–water partition coefficient (Wildman–Crippen LogP) is 3.04. The highest BCUT2D eigenvalue weighted by Gasteiger charge is 2.35. The third kappa shape index (κ3) is 3.41. The van der Waals surface area contributed by atoms with E-state index in [4.69, 9.17) is 4.74 Å². The highest BCUT2D eigenvalue weighted by molar-refractivity contribution is 5.28. The fourth-order valence-corrected chi connectivity index (χ4v) is 1.37. The lowest BCUT2D eigenvalue weighted by atomic mass is 10.2. The Kier molecular flexibility index (Phi) is 4.18. The van der Waals surface area contributed by atoms with Gasteiger partial charge in [0.05, 0.1) is 7.11 Å². The van der Waals surface area contributed by atoms with Gasteiger partial charge in [0.15, 0.2) is 0 Å². The van der Waals surface area contributed by atoms with Crippen molar-refractivity contribution >= 4 is 0 Å². The maximum absolute atomic E-state index is 12.5. The van der Waals surface area contributed by atoms with Crippen LogP contribution in [0.1, 0.15) is 12.5 Å². The van der Waals surface area contributed by atoms with Gasteiger partial charge in [-0.1, -0.05) is 19.1 Å². The highest BCUT2D eigenvalue weighted by Crippen LogP contribution is 2.24. The molecule has 2 nitrogen and oxygen atoms in total. The Morgan fingerprint density at radius 2 is 2.00 bits per heavy atom. The van der Waals surface area contributed by atoms with Crippen molar-refractivity contribution in [1.82, 2.24) is 4.90 Å². The summed E-state index contributed by atoms with van der Waals surface area (Å²) in [5.74, 6) is 0.565. The Labute approximate surface area is 92.6 Å². The predicted molar refractivity (Wildman–Crippen MR) is 55.1 cm³/mol. The van der Waals surface area contributed by atoms with Crippen molar-refractivity contribution < 1.29 is 17.9 Å². The van der Waals surface area contributed by atoms with Gasteiger partial charge < -0.3 is 4.74 Å². The van der Waals surface area contributed by atoms with Gasteiger partial charge in [0, 0.05) is 13.1 Å². The molecule has 90 valence electrons. The van der Waals surface area contributed by atoms with E-state index < -0.39 is 6.30 Å². The number of benzene rings is 1. The average molecular weight is 233 g/mol. The zero-order chi connectivity index (χ0) is 12.2. The van der Waals surface area contributed by atoms with Crippen molar-refractivity contribution in [3.8, 4) is 5.75 Å². The zero-order valence-corrected chi connectivity index (χ0v) is 9.21. The van der Waals surface area contributed by atoms with E-state index in [1.165, 1.54) is 14.0 Å². The van der Waals surface area contributed by atoms with E-state index in [1.807, 2.05) is 0 Å². The smallest absolute Gasteiger partial charge is 0.460 e. The summed E-state index contributed by atoms with van der Waals surface area (Å²) in [6.07, 6.45) is -4.29. The topological polar surface area (TPSA) is 12.5 Å². The first-order valence-corrected chi connectivity index (χ1v) is 4.92. The summed E-state index contributed by atoms with van der Waals surface area (Å²) >= 11 is 0. The molecule has 1 aromatic rings. The molecule has 0 aliphatic carbocycles. The van der Waals surface area contributed by atoms with Crippen molar-refractivity contribution in [2.24, 2.45) is 0 Å². The molecular weight excluding hydrogens is 219 g/mol. The first-order valence-electron chi connectivity index (χ1n) is 4.92. The lowest BCUT2D eigenvalue weighted by Crippen LogP contribution is -2.37. The number of hydrogen-bond donors (Lipinski definition) is 0. The van der Waals surface area contributed by atoms with Crippen LogP contribution in [0.3, 0.4) is 0 Å². The molecule has 0 unspecified atom stereocenters. The van der Waals surface area contributed by atoms with Crippen LogP contribution in [-0.4, -0.2) is 24.9 Å². The Morgan fingerprint density at radius 3 is 2.50 bits per heavy atom. The first kappa shape index (κ1) is 12.8. The molecule has 0 spiro atoms. The second kappa shape index (κ2) is 5.21. The van der Waals surface area contributed by atoms with E-state index >= 15 is 0 Å². The van der Waals surface area contributed by atoms with Gasteiger partial charge in [0.1, 0.15) is 5.75 Å². The number of rotatable bonds is 4. The molecular formula is C11H14F3NO. The van der Waals surface area contributed by atoms with Gasteiger partial charge in [-0.05, 0) is 17.7 Å². The summed E-state index contributed by atoms with van der Waals surface area (Å²) in [6.45, 7) is 1.26. The van der Waals surface area contributed by atoms with Crippen LogP contribution in [0.2, 0.25) is 0 Å². The lowest BCUT2D eigenvalue weighted by Gasteiger charge is -2.23. The van der Waals surface area contributed by atoms with Crippen LogP contribution in [0.15, 0.2) is 24.3 Å². The molecule has 16 heavy (non-hydrogen) atoms. The van der Waals surface area contributed by atoms with Gasteiger partial charge in [-0.3, -0.25) is 0 Å². The van der Waals surface area contributed by atoms with Crippen LogP contribution in [0.5, 0.6) is 5.75 Å². The van der Waals surface area contributed by atoms with E-state index in [-0.39, 0.29) is 13.1 Å². The summed E-state index contributed by atoms with van der Waals surface area (Å²) in [6, 6.07) is 6.64. The molecule has 0 radical (unpaired) electrons. The maximum atomic E-state index is 12.5. The molecule has 0 aliphatic heterocycles. The second-order valence-corrected chi connectivity index (χ2v) is 3.33. The minimum atomic E-state index is -4.29. The number of ether oxygens (including phenoxy) is 1. The van der Waals surface area contributed by atoms with Crippen LogP contribution in [0.4, 0.5) is 13.2 Å². The van der Waals surface area contributed by atoms with Crippen molar-refractivity contribution in [2.75, 3.05) is 13.7 Å². The van der Waals surface area contributed by atoms with E-state index in [9.17, 15) is 13.2 Å². The Bertz CT molecular complexity index is 338. The SMILES string of the molecule is CCN(Cc1cccc(OC)c1)C(F)(F)F. The number of halogens is 3. The van der Waals surface area contributed by atoms with Crippen molar-refractivity contribution in [1.29, 1.82) is 0 Å². The van der Waals surface area contributed by atoms with Gasteiger partial charge in [0.25, 0.3) is 0 Å². The van der Waals surface area contributed by atoms with Crippen LogP contribution in [0.25, 0.3) is 0 Å². The van der Waals surface area contributed by atoms with Gasteiger partial charge in [-0.2, -0.15) is 13.2 Å². The van der Waals surface area contributed by atoms with E-state index in [0.29, 0.717) is 16.2 Å². The minimum absolute atomic E-state index is 0.0687. The molecule has 0 bridgehead atoms. The van der Waals surface area contributed by atoms with Gasteiger partial charge in [-0.15, -0.1) is 0 Å². The maximum Gasteiger partial charge on any atom is 0.460 e. The Hall–Kier alpha value is -1.23. The molecule has 5 heteroatoms. The summed E-state index contributed by atoms with van der Waals surface area (Å²) in [5.41, 5.74) is 0.582.